The summed E-state index contributed by atoms with van der Waals surface area (Å²) in [5.74, 6) is 0.636. The lowest BCUT2D eigenvalue weighted by molar-refractivity contribution is 0.289. The lowest BCUT2D eigenvalue weighted by atomic mass is 10.2. The molecule has 0 radical (unpaired) electrons. The van der Waals surface area contributed by atoms with Gasteiger partial charge in [0, 0.05) is 4.47 Å². The number of rotatable bonds is 3. The monoisotopic (exact) mass is 278 g/mol. The average molecular weight is 279 g/mol. The number of phenols is 1. The Kier molecular flexibility index (Phi) is 3.47. The van der Waals surface area contributed by atoms with Crippen molar-refractivity contribution in [3.05, 3.63) is 58.6 Å². The summed E-state index contributed by atoms with van der Waals surface area (Å²) in [4.78, 5) is 0. The Morgan fingerprint density at radius 2 is 1.81 bits per heavy atom. The lowest BCUT2D eigenvalue weighted by Gasteiger charge is -2.08. The van der Waals surface area contributed by atoms with Gasteiger partial charge in [0.2, 0.25) is 0 Å². The topological polar surface area (TPSA) is 29.5 Å². The van der Waals surface area contributed by atoms with Crippen molar-refractivity contribution in [3.8, 4) is 11.5 Å². The van der Waals surface area contributed by atoms with Crippen LogP contribution < -0.4 is 4.74 Å². The minimum absolute atomic E-state index is 0.144. The van der Waals surface area contributed by atoms with Gasteiger partial charge >= 0.3 is 0 Å². The lowest BCUT2D eigenvalue weighted by Crippen LogP contribution is -1.94. The molecule has 0 unspecified atom stereocenters. The second-order valence-electron chi connectivity index (χ2n) is 3.39. The van der Waals surface area contributed by atoms with Crippen molar-refractivity contribution in [3.63, 3.8) is 0 Å². The summed E-state index contributed by atoms with van der Waals surface area (Å²) in [7, 11) is 0. The number of phenolic OH excluding ortho intramolecular Hbond substituents is 1. The third-order valence-corrected chi connectivity index (χ3v) is 2.65. The van der Waals surface area contributed by atoms with Gasteiger partial charge in [-0.3, -0.25) is 0 Å². The van der Waals surface area contributed by atoms with Crippen molar-refractivity contribution in [2.24, 2.45) is 0 Å². The van der Waals surface area contributed by atoms with Gasteiger partial charge in [0.05, 0.1) is 0 Å². The quantitative estimate of drug-likeness (QED) is 0.927. The number of hydrogen-bond donors (Lipinski definition) is 1. The molecule has 1 N–H and O–H groups in total. The predicted molar refractivity (Wildman–Crippen MR) is 66.6 cm³/mol. The fraction of sp³-hybridized carbons (Fsp3) is 0.0769. The number of halogens is 1. The van der Waals surface area contributed by atoms with Crippen molar-refractivity contribution in [1.29, 1.82) is 0 Å². The first-order valence-corrected chi connectivity index (χ1v) is 5.70. The van der Waals surface area contributed by atoms with Crippen LogP contribution in [0.25, 0.3) is 0 Å². The molecule has 0 spiro atoms. The predicted octanol–water partition coefficient (Wildman–Crippen LogP) is 3.73. The molecular formula is C13H11BrO2. The summed E-state index contributed by atoms with van der Waals surface area (Å²) < 4.78 is 6.34. The van der Waals surface area contributed by atoms with Crippen LogP contribution in [0.15, 0.2) is 53.0 Å². The SMILES string of the molecule is Oc1cc(Br)ccc1OCc1ccccc1. The molecule has 0 aliphatic rings. The van der Waals surface area contributed by atoms with Gasteiger partial charge < -0.3 is 9.84 Å². The first-order chi connectivity index (χ1) is 7.75. The van der Waals surface area contributed by atoms with E-state index in [1.165, 1.54) is 0 Å². The van der Waals surface area contributed by atoms with Crippen molar-refractivity contribution in [2.75, 3.05) is 0 Å². The molecule has 16 heavy (non-hydrogen) atoms. The normalized spacial score (nSPS) is 10.1. The van der Waals surface area contributed by atoms with E-state index in [1.807, 2.05) is 36.4 Å². The Hall–Kier alpha value is -1.48. The second kappa shape index (κ2) is 5.03. The molecule has 82 valence electrons. The van der Waals surface area contributed by atoms with Crippen molar-refractivity contribution in [1.82, 2.24) is 0 Å². The van der Waals surface area contributed by atoms with Gasteiger partial charge in [-0.2, -0.15) is 0 Å². The third kappa shape index (κ3) is 2.76. The molecule has 0 aliphatic heterocycles. The van der Waals surface area contributed by atoms with Gasteiger partial charge in [0.25, 0.3) is 0 Å². The summed E-state index contributed by atoms with van der Waals surface area (Å²) in [6, 6.07) is 15.0. The van der Waals surface area contributed by atoms with E-state index in [2.05, 4.69) is 15.9 Å². The van der Waals surface area contributed by atoms with Gasteiger partial charge in [-0.25, -0.2) is 0 Å². The smallest absolute Gasteiger partial charge is 0.161 e. The van der Waals surface area contributed by atoms with Crippen molar-refractivity contribution < 1.29 is 9.84 Å². The maximum atomic E-state index is 9.61. The maximum Gasteiger partial charge on any atom is 0.161 e. The van der Waals surface area contributed by atoms with E-state index in [0.717, 1.165) is 10.0 Å². The van der Waals surface area contributed by atoms with E-state index in [4.69, 9.17) is 4.74 Å². The standard InChI is InChI=1S/C13H11BrO2/c14-11-6-7-13(12(15)8-11)16-9-10-4-2-1-3-5-10/h1-8,15H,9H2. The molecule has 2 aromatic carbocycles. The van der Waals surface area contributed by atoms with Gasteiger partial charge in [-0.1, -0.05) is 46.3 Å². The van der Waals surface area contributed by atoms with Crippen LogP contribution in [0.1, 0.15) is 5.56 Å². The van der Waals surface area contributed by atoms with Crippen LogP contribution >= 0.6 is 15.9 Å². The van der Waals surface area contributed by atoms with E-state index in [0.29, 0.717) is 12.4 Å². The summed E-state index contributed by atoms with van der Waals surface area (Å²) >= 11 is 3.28. The number of ether oxygens (including phenoxy) is 1. The summed E-state index contributed by atoms with van der Waals surface area (Å²) in [5.41, 5.74) is 1.07. The van der Waals surface area contributed by atoms with Crippen LogP contribution in [0.4, 0.5) is 0 Å². The Labute approximate surface area is 103 Å². The van der Waals surface area contributed by atoms with Gasteiger partial charge in [0.15, 0.2) is 11.5 Å². The largest absolute Gasteiger partial charge is 0.504 e. The Bertz CT molecular complexity index is 469. The summed E-state index contributed by atoms with van der Waals surface area (Å²) in [5, 5.41) is 9.61. The molecule has 2 nitrogen and oxygen atoms in total. The zero-order valence-corrected chi connectivity index (χ0v) is 10.1. The highest BCUT2D eigenvalue weighted by Gasteiger charge is 2.02. The second-order valence-corrected chi connectivity index (χ2v) is 4.30. The minimum Gasteiger partial charge on any atom is -0.504 e. The first-order valence-electron chi connectivity index (χ1n) is 4.91. The van der Waals surface area contributed by atoms with E-state index in [-0.39, 0.29) is 5.75 Å². The molecule has 0 aliphatic carbocycles. The maximum absolute atomic E-state index is 9.61. The van der Waals surface area contributed by atoms with E-state index in [9.17, 15) is 5.11 Å². The molecule has 2 rings (SSSR count). The third-order valence-electron chi connectivity index (χ3n) is 2.16. The molecule has 0 saturated heterocycles. The molecule has 0 aromatic heterocycles. The van der Waals surface area contributed by atoms with E-state index in [1.54, 1.807) is 12.1 Å². The highest BCUT2D eigenvalue weighted by Crippen LogP contribution is 2.29. The van der Waals surface area contributed by atoms with Crippen LogP contribution in [-0.4, -0.2) is 5.11 Å². The number of aromatic hydroxyl groups is 1. The fourth-order valence-corrected chi connectivity index (χ4v) is 1.70. The van der Waals surface area contributed by atoms with E-state index < -0.39 is 0 Å². The molecule has 0 atom stereocenters. The molecular weight excluding hydrogens is 268 g/mol. The molecule has 3 heteroatoms. The molecule has 0 amide bonds. The van der Waals surface area contributed by atoms with Crippen LogP contribution in [-0.2, 0) is 6.61 Å². The number of benzene rings is 2. The molecule has 0 fully saturated rings. The van der Waals surface area contributed by atoms with Crippen LogP contribution in [0, 0.1) is 0 Å². The van der Waals surface area contributed by atoms with Crippen LogP contribution in [0.2, 0.25) is 0 Å². The Morgan fingerprint density at radius 1 is 1.06 bits per heavy atom. The number of hydrogen-bond acceptors (Lipinski definition) is 2. The molecule has 0 bridgehead atoms. The van der Waals surface area contributed by atoms with Crippen LogP contribution in [0.3, 0.4) is 0 Å². The average Bonchev–Trinajstić information content (AvgIpc) is 2.29. The van der Waals surface area contributed by atoms with Crippen LogP contribution in [0.5, 0.6) is 11.5 Å². The van der Waals surface area contributed by atoms with Crippen molar-refractivity contribution in [2.45, 2.75) is 6.61 Å². The van der Waals surface area contributed by atoms with Gasteiger partial charge in [-0.15, -0.1) is 0 Å². The Morgan fingerprint density at radius 3 is 2.50 bits per heavy atom. The zero-order valence-electron chi connectivity index (χ0n) is 8.56. The van der Waals surface area contributed by atoms with Gasteiger partial charge in [-0.05, 0) is 23.8 Å². The molecule has 0 heterocycles. The first kappa shape index (κ1) is 11.0. The van der Waals surface area contributed by atoms with E-state index >= 15 is 0 Å². The molecule has 2 aromatic rings. The van der Waals surface area contributed by atoms with Crippen molar-refractivity contribution >= 4 is 15.9 Å². The highest BCUT2D eigenvalue weighted by atomic mass is 79.9. The minimum atomic E-state index is 0.144. The van der Waals surface area contributed by atoms with Gasteiger partial charge in [0.1, 0.15) is 6.61 Å². The fourth-order valence-electron chi connectivity index (χ4n) is 1.35. The summed E-state index contributed by atoms with van der Waals surface area (Å²) in [6.07, 6.45) is 0. The Balaban J connectivity index is 2.05. The molecule has 0 saturated carbocycles. The summed E-state index contributed by atoms with van der Waals surface area (Å²) in [6.45, 7) is 0.454. The highest BCUT2D eigenvalue weighted by molar-refractivity contribution is 9.10. The zero-order chi connectivity index (χ0) is 11.4.